The highest BCUT2D eigenvalue weighted by Gasteiger charge is 2.37. The second-order valence-electron chi connectivity index (χ2n) is 11.7. The van der Waals surface area contributed by atoms with Gasteiger partial charge in [-0.25, -0.2) is 4.79 Å². The highest BCUT2D eigenvalue weighted by molar-refractivity contribution is 6.00. The van der Waals surface area contributed by atoms with Crippen molar-refractivity contribution >= 4 is 34.4 Å². The van der Waals surface area contributed by atoms with Gasteiger partial charge in [-0.3, -0.25) is 9.59 Å². The van der Waals surface area contributed by atoms with E-state index in [2.05, 4.69) is 17.6 Å². The van der Waals surface area contributed by atoms with Crippen LogP contribution in [0.2, 0.25) is 0 Å². The summed E-state index contributed by atoms with van der Waals surface area (Å²) in [6.07, 6.45) is 2.71. The molecule has 3 aromatic rings. The molecule has 0 spiro atoms. The van der Waals surface area contributed by atoms with E-state index in [1.165, 1.54) is 4.90 Å². The number of hydrogen-bond acceptors (Lipinski definition) is 5. The number of rotatable bonds is 12. The molecule has 0 fully saturated rings. The van der Waals surface area contributed by atoms with Crippen LogP contribution in [0.1, 0.15) is 76.1 Å². The monoisotopic (exact) mass is 575 g/mol. The van der Waals surface area contributed by atoms with E-state index in [1.807, 2.05) is 74.5 Å². The van der Waals surface area contributed by atoms with E-state index in [-0.39, 0.29) is 12.5 Å². The number of carbonyl (C=O) groups excluding carboxylic acids is 3. The van der Waals surface area contributed by atoms with Crippen molar-refractivity contribution in [3.8, 4) is 0 Å². The van der Waals surface area contributed by atoms with Crippen LogP contribution in [0, 0.1) is 13.8 Å². The van der Waals surface area contributed by atoms with Crippen LogP contribution in [-0.2, 0) is 14.3 Å². The fourth-order valence-corrected chi connectivity index (χ4v) is 5.08. The van der Waals surface area contributed by atoms with Crippen LogP contribution in [-0.4, -0.2) is 52.7 Å². The Labute approximate surface area is 249 Å². The molecule has 3 N–H and O–H groups in total. The topological polar surface area (TPSA) is 108 Å². The van der Waals surface area contributed by atoms with Gasteiger partial charge < -0.3 is 25.4 Å². The van der Waals surface area contributed by atoms with Crippen molar-refractivity contribution in [3.05, 3.63) is 77.4 Å². The first-order valence-corrected chi connectivity index (χ1v) is 14.7. The Kier molecular flexibility index (Phi) is 11.5. The number of aliphatic hydroxyl groups excluding tert-OH is 1. The van der Waals surface area contributed by atoms with Gasteiger partial charge in [0, 0.05) is 12.2 Å². The third kappa shape index (κ3) is 8.79. The molecule has 42 heavy (non-hydrogen) atoms. The van der Waals surface area contributed by atoms with E-state index >= 15 is 0 Å². The van der Waals surface area contributed by atoms with Crippen molar-refractivity contribution < 1.29 is 24.2 Å². The maximum atomic E-state index is 14.2. The zero-order valence-electron chi connectivity index (χ0n) is 25.7. The van der Waals surface area contributed by atoms with Gasteiger partial charge in [0.15, 0.2) is 0 Å². The molecule has 226 valence electrons. The van der Waals surface area contributed by atoms with Crippen molar-refractivity contribution in [1.29, 1.82) is 0 Å². The Morgan fingerprint density at radius 3 is 2.19 bits per heavy atom. The van der Waals surface area contributed by atoms with Crippen LogP contribution in [0.3, 0.4) is 0 Å². The maximum Gasteiger partial charge on any atom is 0.408 e. The number of anilines is 1. The van der Waals surface area contributed by atoms with E-state index < -0.39 is 36.3 Å². The van der Waals surface area contributed by atoms with Crippen LogP contribution >= 0.6 is 0 Å². The van der Waals surface area contributed by atoms with Crippen molar-refractivity contribution in [2.75, 3.05) is 18.5 Å². The number of aryl methyl sites for hydroxylation is 2. The van der Waals surface area contributed by atoms with Crippen LogP contribution in [0.15, 0.2) is 60.7 Å². The number of alkyl carbamates (subject to hydrolysis) is 1. The lowest BCUT2D eigenvalue weighted by molar-refractivity contribution is -0.141. The number of ether oxygens (including phenoxy) is 1. The molecule has 0 saturated heterocycles. The number of unbranched alkanes of at least 4 members (excludes halogenated alkanes) is 3. The maximum absolute atomic E-state index is 14.2. The molecule has 0 aliphatic heterocycles. The Morgan fingerprint density at radius 2 is 1.57 bits per heavy atom. The van der Waals surface area contributed by atoms with E-state index in [1.54, 1.807) is 20.8 Å². The minimum absolute atomic E-state index is 0.273. The Balaban J connectivity index is 2.04. The molecule has 0 aliphatic rings. The lowest BCUT2D eigenvalue weighted by atomic mass is 9.93. The van der Waals surface area contributed by atoms with Crippen LogP contribution in [0.5, 0.6) is 0 Å². The van der Waals surface area contributed by atoms with Gasteiger partial charge >= 0.3 is 6.09 Å². The molecule has 8 nitrogen and oxygen atoms in total. The van der Waals surface area contributed by atoms with Gasteiger partial charge in [-0.2, -0.15) is 0 Å². The van der Waals surface area contributed by atoms with E-state index in [0.29, 0.717) is 17.7 Å². The van der Waals surface area contributed by atoms with Gasteiger partial charge in [-0.15, -0.1) is 0 Å². The minimum atomic E-state index is -1.29. The first kappa shape index (κ1) is 32.6. The molecule has 2 atom stereocenters. The summed E-state index contributed by atoms with van der Waals surface area (Å²) in [6, 6.07) is 17.0. The number of aliphatic hydroxyl groups is 1. The normalized spacial score (nSPS) is 12.8. The number of fused-ring (bicyclic) bond motifs is 1. The SMILES string of the molecule is CCCCCCN(C(=O)C(CO)NC(=O)OC(C)(C)C)C(C(=O)Nc1ccc2ccccc2c1)c1c(C)cccc1C. The number of benzene rings is 3. The summed E-state index contributed by atoms with van der Waals surface area (Å²) in [6.45, 7) is 10.7. The first-order chi connectivity index (χ1) is 19.9. The number of hydrogen-bond donors (Lipinski definition) is 3. The molecule has 0 bridgehead atoms. The average molecular weight is 576 g/mol. The summed E-state index contributed by atoms with van der Waals surface area (Å²) >= 11 is 0. The predicted molar refractivity (Wildman–Crippen MR) is 167 cm³/mol. The van der Waals surface area contributed by atoms with E-state index in [0.717, 1.165) is 41.2 Å². The summed E-state index contributed by atoms with van der Waals surface area (Å²) in [5.74, 6) is -0.929. The van der Waals surface area contributed by atoms with Gasteiger partial charge in [-0.1, -0.05) is 74.7 Å². The summed E-state index contributed by atoms with van der Waals surface area (Å²) in [7, 11) is 0. The fraction of sp³-hybridized carbons (Fsp3) is 0.441. The van der Waals surface area contributed by atoms with Gasteiger partial charge in [-0.05, 0) is 80.6 Å². The quantitative estimate of drug-likeness (QED) is 0.216. The highest BCUT2D eigenvalue weighted by atomic mass is 16.6. The molecule has 3 rings (SSSR count). The third-order valence-electron chi connectivity index (χ3n) is 7.10. The largest absolute Gasteiger partial charge is 0.444 e. The average Bonchev–Trinajstić information content (AvgIpc) is 2.93. The predicted octanol–water partition coefficient (Wildman–Crippen LogP) is 6.43. The van der Waals surface area contributed by atoms with Crippen LogP contribution < -0.4 is 10.6 Å². The molecule has 8 heteroatoms. The van der Waals surface area contributed by atoms with Crippen LogP contribution in [0.4, 0.5) is 10.5 Å². The lowest BCUT2D eigenvalue weighted by Crippen LogP contribution is -2.54. The smallest absolute Gasteiger partial charge is 0.408 e. The number of carbonyl (C=O) groups is 3. The number of amides is 3. The summed E-state index contributed by atoms with van der Waals surface area (Å²) in [5.41, 5.74) is 2.27. The van der Waals surface area contributed by atoms with Gasteiger partial charge in [0.2, 0.25) is 5.91 Å². The molecule has 0 aromatic heterocycles. The fourth-order valence-electron chi connectivity index (χ4n) is 5.08. The summed E-state index contributed by atoms with van der Waals surface area (Å²) in [5, 5.41) is 17.8. The zero-order chi connectivity index (χ0) is 30.9. The minimum Gasteiger partial charge on any atom is -0.444 e. The summed E-state index contributed by atoms with van der Waals surface area (Å²) in [4.78, 5) is 42.4. The second-order valence-corrected chi connectivity index (χ2v) is 11.7. The van der Waals surface area contributed by atoms with Crippen molar-refractivity contribution in [3.63, 3.8) is 0 Å². The number of nitrogens with zero attached hydrogens (tertiary/aromatic N) is 1. The molecule has 2 unspecified atom stereocenters. The molecular formula is C34H45N3O5. The Hall–Kier alpha value is -3.91. The standard InChI is InChI=1S/C34H45N3O5/c1-7-8-9-12-20-37(32(40)28(22-38)36-33(41)42-34(4,5)6)30(29-23(2)14-13-15-24(29)3)31(39)35-27-19-18-25-16-10-11-17-26(25)21-27/h10-11,13-19,21,28,30,38H,7-9,12,20,22H2,1-6H3,(H,35,39)(H,36,41). The molecule has 0 aliphatic carbocycles. The Morgan fingerprint density at radius 1 is 0.905 bits per heavy atom. The molecular weight excluding hydrogens is 530 g/mol. The Bertz CT molecular complexity index is 1360. The highest BCUT2D eigenvalue weighted by Crippen LogP contribution is 2.31. The first-order valence-electron chi connectivity index (χ1n) is 14.7. The van der Waals surface area contributed by atoms with E-state index in [9.17, 15) is 19.5 Å². The van der Waals surface area contributed by atoms with Gasteiger partial charge in [0.05, 0.1) is 6.61 Å². The van der Waals surface area contributed by atoms with Crippen molar-refractivity contribution in [2.24, 2.45) is 0 Å². The van der Waals surface area contributed by atoms with Crippen molar-refractivity contribution in [1.82, 2.24) is 10.2 Å². The molecule has 3 amide bonds. The van der Waals surface area contributed by atoms with Crippen molar-refractivity contribution in [2.45, 2.75) is 84.9 Å². The number of nitrogens with one attached hydrogen (secondary N) is 2. The lowest BCUT2D eigenvalue weighted by Gasteiger charge is -2.35. The summed E-state index contributed by atoms with van der Waals surface area (Å²) < 4.78 is 5.35. The zero-order valence-corrected chi connectivity index (χ0v) is 25.7. The molecule has 0 heterocycles. The van der Waals surface area contributed by atoms with E-state index in [4.69, 9.17) is 4.74 Å². The van der Waals surface area contributed by atoms with Gasteiger partial charge in [0.1, 0.15) is 17.7 Å². The van der Waals surface area contributed by atoms with Gasteiger partial charge in [0.25, 0.3) is 5.91 Å². The molecule has 3 aromatic carbocycles. The molecule has 0 radical (unpaired) electrons. The third-order valence-corrected chi connectivity index (χ3v) is 7.10. The van der Waals surface area contributed by atoms with Crippen LogP contribution in [0.25, 0.3) is 10.8 Å². The second kappa shape index (κ2) is 14.8. The molecule has 0 saturated carbocycles.